The fourth-order valence-corrected chi connectivity index (χ4v) is 3.79. The Labute approximate surface area is 122 Å². The predicted octanol–water partition coefficient (Wildman–Crippen LogP) is 2.83. The minimum Gasteiger partial charge on any atom is -0.389 e. The van der Waals surface area contributed by atoms with Crippen LogP contribution < -0.4 is 11.1 Å². The maximum absolute atomic E-state index is 13.2. The van der Waals surface area contributed by atoms with Gasteiger partial charge in [0.1, 0.15) is 10.8 Å². The molecule has 1 aromatic rings. The van der Waals surface area contributed by atoms with E-state index in [0.717, 1.165) is 12.8 Å². The van der Waals surface area contributed by atoms with Crippen LogP contribution in [0, 0.1) is 23.6 Å². The Balaban J connectivity index is 1.78. The van der Waals surface area contributed by atoms with Gasteiger partial charge in [-0.25, -0.2) is 4.39 Å². The molecule has 3 N–H and O–H groups in total. The number of anilines is 1. The summed E-state index contributed by atoms with van der Waals surface area (Å²) in [6.07, 6.45) is 4.54. The molecule has 3 unspecified atom stereocenters. The van der Waals surface area contributed by atoms with Crippen LogP contribution in [0.4, 0.5) is 10.1 Å². The molecule has 2 bridgehead atoms. The first kappa shape index (κ1) is 13.5. The first-order valence-electron chi connectivity index (χ1n) is 6.95. The molecule has 3 nitrogen and oxygen atoms in total. The van der Waals surface area contributed by atoms with Gasteiger partial charge in [0, 0.05) is 11.5 Å². The maximum Gasteiger partial charge on any atom is 0.227 e. The van der Waals surface area contributed by atoms with Crippen LogP contribution in [0.2, 0.25) is 0 Å². The van der Waals surface area contributed by atoms with Gasteiger partial charge >= 0.3 is 0 Å². The molecule has 3 rings (SSSR count). The van der Waals surface area contributed by atoms with Crippen molar-refractivity contribution in [3.8, 4) is 0 Å². The molecular formula is C15H17FN2OS. The summed E-state index contributed by atoms with van der Waals surface area (Å²) < 4.78 is 13.2. The van der Waals surface area contributed by atoms with Crippen molar-refractivity contribution in [3.05, 3.63) is 29.6 Å². The summed E-state index contributed by atoms with van der Waals surface area (Å²) in [7, 11) is 0. The van der Waals surface area contributed by atoms with Gasteiger partial charge < -0.3 is 11.1 Å². The highest BCUT2D eigenvalue weighted by Crippen LogP contribution is 2.48. The van der Waals surface area contributed by atoms with E-state index >= 15 is 0 Å². The summed E-state index contributed by atoms with van der Waals surface area (Å²) in [6.45, 7) is 0. The van der Waals surface area contributed by atoms with Crippen LogP contribution in [0.1, 0.15) is 31.2 Å². The standard InChI is InChI=1S/C15H17FN2OS/c16-10-3-4-13(12(7-10)14(17)20)18-15(19)11-6-8-1-2-9(11)5-8/h3-4,7-9,11H,1-2,5-6H2,(H2,17,20)(H,18,19). The van der Waals surface area contributed by atoms with Crippen molar-refractivity contribution in [2.24, 2.45) is 23.5 Å². The molecule has 0 spiro atoms. The van der Waals surface area contributed by atoms with Crippen molar-refractivity contribution in [2.45, 2.75) is 25.7 Å². The number of fused-ring (bicyclic) bond motifs is 2. The van der Waals surface area contributed by atoms with Crippen molar-refractivity contribution in [1.29, 1.82) is 0 Å². The minimum atomic E-state index is -0.411. The van der Waals surface area contributed by atoms with E-state index in [2.05, 4.69) is 5.32 Å². The highest BCUT2D eigenvalue weighted by Gasteiger charge is 2.43. The summed E-state index contributed by atoms with van der Waals surface area (Å²) in [5.74, 6) is 0.901. The van der Waals surface area contributed by atoms with E-state index in [1.807, 2.05) is 0 Å². The second-order valence-corrected chi connectivity index (χ2v) is 6.26. The van der Waals surface area contributed by atoms with Crippen molar-refractivity contribution < 1.29 is 9.18 Å². The molecule has 2 aliphatic carbocycles. The van der Waals surface area contributed by atoms with Gasteiger partial charge in [-0.1, -0.05) is 18.6 Å². The lowest BCUT2D eigenvalue weighted by molar-refractivity contribution is -0.121. The zero-order valence-corrected chi connectivity index (χ0v) is 11.9. The molecule has 5 heteroatoms. The van der Waals surface area contributed by atoms with Crippen molar-refractivity contribution in [3.63, 3.8) is 0 Å². The number of hydrogen-bond donors (Lipinski definition) is 2. The second-order valence-electron chi connectivity index (χ2n) is 5.82. The van der Waals surface area contributed by atoms with Gasteiger partial charge in [0.05, 0.1) is 5.69 Å². The fourth-order valence-electron chi connectivity index (χ4n) is 3.62. The summed E-state index contributed by atoms with van der Waals surface area (Å²) in [4.78, 5) is 12.5. The van der Waals surface area contributed by atoms with Gasteiger partial charge in [0.15, 0.2) is 0 Å². The highest BCUT2D eigenvalue weighted by molar-refractivity contribution is 7.80. The molecule has 20 heavy (non-hydrogen) atoms. The van der Waals surface area contributed by atoms with Gasteiger partial charge in [-0.05, 0) is 49.3 Å². The Morgan fingerprint density at radius 1 is 1.35 bits per heavy atom. The molecule has 0 heterocycles. The van der Waals surface area contributed by atoms with Gasteiger partial charge in [0.25, 0.3) is 0 Å². The third kappa shape index (κ3) is 2.42. The fraction of sp³-hybridized carbons (Fsp3) is 0.467. The van der Waals surface area contributed by atoms with Crippen molar-refractivity contribution in [1.82, 2.24) is 0 Å². The van der Waals surface area contributed by atoms with E-state index < -0.39 is 5.82 Å². The number of nitrogens with one attached hydrogen (secondary N) is 1. The molecule has 0 aromatic heterocycles. The number of benzene rings is 1. The molecule has 106 valence electrons. The molecular weight excluding hydrogens is 275 g/mol. The van der Waals surface area contributed by atoms with E-state index in [0.29, 0.717) is 23.1 Å². The number of carbonyl (C=O) groups excluding carboxylic acids is 1. The third-order valence-corrected chi connectivity index (χ3v) is 4.80. The number of halogens is 1. The van der Waals surface area contributed by atoms with Crippen molar-refractivity contribution >= 4 is 28.8 Å². The van der Waals surface area contributed by atoms with Gasteiger partial charge in [0.2, 0.25) is 5.91 Å². The van der Waals surface area contributed by atoms with E-state index in [1.165, 1.54) is 31.0 Å². The van der Waals surface area contributed by atoms with Crippen LogP contribution in [0.3, 0.4) is 0 Å². The lowest BCUT2D eigenvalue weighted by atomic mass is 9.88. The average molecular weight is 292 g/mol. The largest absolute Gasteiger partial charge is 0.389 e. The smallest absolute Gasteiger partial charge is 0.227 e. The normalized spacial score (nSPS) is 27.6. The molecule has 2 aliphatic rings. The Kier molecular flexibility index (Phi) is 3.46. The van der Waals surface area contributed by atoms with Gasteiger partial charge in [-0.2, -0.15) is 0 Å². The highest BCUT2D eigenvalue weighted by atomic mass is 32.1. The molecule has 3 atom stereocenters. The van der Waals surface area contributed by atoms with E-state index in [4.69, 9.17) is 18.0 Å². The summed E-state index contributed by atoms with van der Waals surface area (Å²) in [5, 5.41) is 2.87. The molecule has 0 radical (unpaired) electrons. The Hall–Kier alpha value is -1.49. The zero-order chi connectivity index (χ0) is 14.3. The average Bonchev–Trinajstić information content (AvgIpc) is 3.03. The number of amides is 1. The Morgan fingerprint density at radius 3 is 2.75 bits per heavy atom. The molecule has 1 amide bonds. The molecule has 2 fully saturated rings. The number of hydrogen-bond acceptors (Lipinski definition) is 2. The zero-order valence-electron chi connectivity index (χ0n) is 11.1. The van der Waals surface area contributed by atoms with Crippen LogP contribution in [0.15, 0.2) is 18.2 Å². The van der Waals surface area contributed by atoms with Gasteiger partial charge in [-0.3, -0.25) is 4.79 Å². The molecule has 0 aliphatic heterocycles. The maximum atomic E-state index is 13.2. The molecule has 1 aromatic carbocycles. The van der Waals surface area contributed by atoms with Crippen LogP contribution in [-0.4, -0.2) is 10.9 Å². The Bertz CT molecular complexity index is 575. The third-order valence-electron chi connectivity index (χ3n) is 4.58. The summed E-state index contributed by atoms with van der Waals surface area (Å²) in [5.41, 5.74) is 6.48. The number of carbonyl (C=O) groups is 1. The quantitative estimate of drug-likeness (QED) is 0.842. The number of nitrogens with two attached hydrogens (primary N) is 1. The van der Waals surface area contributed by atoms with Crippen LogP contribution in [-0.2, 0) is 4.79 Å². The van der Waals surface area contributed by atoms with Gasteiger partial charge in [-0.15, -0.1) is 0 Å². The first-order chi connectivity index (χ1) is 9.54. The van der Waals surface area contributed by atoms with Crippen LogP contribution in [0.5, 0.6) is 0 Å². The number of rotatable bonds is 3. The van der Waals surface area contributed by atoms with Crippen molar-refractivity contribution in [2.75, 3.05) is 5.32 Å². The second kappa shape index (κ2) is 5.13. The van der Waals surface area contributed by atoms with Crippen LogP contribution >= 0.6 is 12.2 Å². The topological polar surface area (TPSA) is 55.1 Å². The molecule has 2 saturated carbocycles. The predicted molar refractivity (Wildman–Crippen MR) is 79.9 cm³/mol. The first-order valence-corrected chi connectivity index (χ1v) is 7.35. The summed E-state index contributed by atoms with van der Waals surface area (Å²) in [6, 6.07) is 4.09. The Morgan fingerprint density at radius 2 is 2.15 bits per heavy atom. The SMILES string of the molecule is NC(=S)c1cc(F)ccc1NC(=O)C1CC2CCC1C2. The van der Waals surface area contributed by atoms with Crippen LogP contribution in [0.25, 0.3) is 0 Å². The van der Waals surface area contributed by atoms with E-state index in [9.17, 15) is 9.18 Å². The lowest BCUT2D eigenvalue weighted by Gasteiger charge is -2.21. The lowest BCUT2D eigenvalue weighted by Crippen LogP contribution is -2.28. The minimum absolute atomic E-state index is 0.0151. The number of thiocarbonyl (C=S) groups is 1. The van der Waals surface area contributed by atoms with E-state index in [1.54, 1.807) is 0 Å². The summed E-state index contributed by atoms with van der Waals surface area (Å²) >= 11 is 4.91. The monoisotopic (exact) mass is 292 g/mol. The molecule has 0 saturated heterocycles. The van der Waals surface area contributed by atoms with E-state index in [-0.39, 0.29) is 16.8 Å².